The highest BCUT2D eigenvalue weighted by Crippen LogP contribution is 2.38. The van der Waals surface area contributed by atoms with E-state index in [0.717, 1.165) is 42.5 Å². The second kappa shape index (κ2) is 8.71. The van der Waals surface area contributed by atoms with Crippen LogP contribution in [0.2, 0.25) is 5.02 Å². The maximum atomic E-state index is 13.2. The Hall–Kier alpha value is -2.12. The molecule has 0 aliphatic heterocycles. The van der Waals surface area contributed by atoms with Crippen LogP contribution in [0.15, 0.2) is 18.2 Å². The Balaban J connectivity index is 1.73. The first-order chi connectivity index (χ1) is 13.0. The number of hydrogen-bond acceptors (Lipinski definition) is 5. The Morgan fingerprint density at radius 3 is 2.78 bits per heavy atom. The number of benzene rings is 1. The lowest BCUT2D eigenvalue weighted by atomic mass is 10.1. The molecule has 1 aromatic carbocycles. The average molecular weight is 412 g/mol. The van der Waals surface area contributed by atoms with Crippen molar-refractivity contribution < 1.29 is 23.5 Å². The van der Waals surface area contributed by atoms with Gasteiger partial charge in [-0.05, 0) is 43.4 Å². The molecule has 2 aromatic rings. The molecule has 1 aliphatic rings. The normalized spacial score (nSPS) is 13.4. The van der Waals surface area contributed by atoms with Crippen molar-refractivity contribution in [2.24, 2.45) is 0 Å². The number of esters is 1. The molecule has 0 saturated heterocycles. The lowest BCUT2D eigenvalue weighted by Gasteiger charge is -2.09. The summed E-state index contributed by atoms with van der Waals surface area (Å²) in [7, 11) is 1.33. The van der Waals surface area contributed by atoms with Gasteiger partial charge >= 0.3 is 5.97 Å². The minimum Gasteiger partial charge on any atom is -0.484 e. The van der Waals surface area contributed by atoms with Gasteiger partial charge in [0.25, 0.3) is 5.91 Å². The molecule has 1 N–H and O–H groups in total. The fourth-order valence-electron chi connectivity index (χ4n) is 3.03. The first kappa shape index (κ1) is 19.6. The van der Waals surface area contributed by atoms with Crippen LogP contribution in [-0.2, 0) is 22.4 Å². The van der Waals surface area contributed by atoms with Crippen molar-refractivity contribution in [2.45, 2.75) is 32.1 Å². The fourth-order valence-corrected chi connectivity index (χ4v) is 4.49. The van der Waals surface area contributed by atoms with Crippen LogP contribution in [-0.4, -0.2) is 25.6 Å². The number of hydrogen-bond donors (Lipinski definition) is 1. The molecule has 0 atom stereocenters. The third-order valence-corrected chi connectivity index (χ3v) is 5.82. The zero-order valence-electron chi connectivity index (χ0n) is 14.8. The highest BCUT2D eigenvalue weighted by molar-refractivity contribution is 7.17. The van der Waals surface area contributed by atoms with E-state index >= 15 is 0 Å². The summed E-state index contributed by atoms with van der Waals surface area (Å²) in [5, 5.41) is 3.15. The number of carbonyl (C=O) groups excluding carboxylic acids is 2. The van der Waals surface area contributed by atoms with Crippen LogP contribution >= 0.6 is 22.9 Å². The molecule has 0 saturated carbocycles. The SMILES string of the molecule is COC(=O)c1c(NC(=O)COc2ccc(F)c(Cl)c2)sc2c1CCCCC2. The van der Waals surface area contributed by atoms with Gasteiger partial charge in [-0.1, -0.05) is 18.0 Å². The Morgan fingerprint density at radius 1 is 1.26 bits per heavy atom. The van der Waals surface area contributed by atoms with E-state index in [9.17, 15) is 14.0 Å². The van der Waals surface area contributed by atoms with Crippen LogP contribution in [0.3, 0.4) is 0 Å². The number of ether oxygens (including phenoxy) is 2. The van der Waals surface area contributed by atoms with E-state index in [1.807, 2.05) is 0 Å². The summed E-state index contributed by atoms with van der Waals surface area (Å²) in [6.45, 7) is -0.287. The molecule has 1 amide bonds. The number of carbonyl (C=O) groups is 2. The molecule has 27 heavy (non-hydrogen) atoms. The molecule has 5 nitrogen and oxygen atoms in total. The van der Waals surface area contributed by atoms with Crippen molar-refractivity contribution in [1.29, 1.82) is 0 Å². The fraction of sp³-hybridized carbons (Fsp3) is 0.368. The van der Waals surface area contributed by atoms with Gasteiger partial charge in [-0.3, -0.25) is 4.79 Å². The number of fused-ring (bicyclic) bond motifs is 1. The van der Waals surface area contributed by atoms with Gasteiger partial charge in [0.1, 0.15) is 16.6 Å². The maximum Gasteiger partial charge on any atom is 0.341 e. The number of nitrogens with one attached hydrogen (secondary N) is 1. The van der Waals surface area contributed by atoms with Crippen LogP contribution in [0.25, 0.3) is 0 Å². The zero-order valence-corrected chi connectivity index (χ0v) is 16.3. The molecular weight excluding hydrogens is 393 g/mol. The standard InChI is InChI=1S/C19H19ClFNO4S/c1-25-19(24)17-12-5-3-2-4-6-15(12)27-18(17)22-16(23)10-26-11-7-8-14(21)13(20)9-11/h7-9H,2-6,10H2,1H3,(H,22,23). The third kappa shape index (κ3) is 4.59. The molecule has 0 radical (unpaired) electrons. The first-order valence-corrected chi connectivity index (χ1v) is 9.79. The van der Waals surface area contributed by atoms with Crippen LogP contribution < -0.4 is 10.1 Å². The van der Waals surface area contributed by atoms with Gasteiger partial charge in [-0.2, -0.15) is 0 Å². The molecule has 1 heterocycles. The zero-order chi connectivity index (χ0) is 19.4. The van der Waals surface area contributed by atoms with Crippen molar-refractivity contribution in [1.82, 2.24) is 0 Å². The molecule has 8 heteroatoms. The van der Waals surface area contributed by atoms with Crippen LogP contribution in [0.5, 0.6) is 5.75 Å². The maximum absolute atomic E-state index is 13.2. The number of anilines is 1. The predicted octanol–water partition coefficient (Wildman–Crippen LogP) is 4.61. The van der Waals surface area contributed by atoms with Gasteiger partial charge in [0.2, 0.25) is 0 Å². The van der Waals surface area contributed by atoms with Gasteiger partial charge in [0.15, 0.2) is 6.61 Å². The number of aryl methyl sites for hydroxylation is 1. The summed E-state index contributed by atoms with van der Waals surface area (Å²) >= 11 is 7.11. The predicted molar refractivity (Wildman–Crippen MR) is 102 cm³/mol. The van der Waals surface area contributed by atoms with Crippen LogP contribution in [0, 0.1) is 5.82 Å². The topological polar surface area (TPSA) is 64.6 Å². The molecule has 3 rings (SSSR count). The highest BCUT2D eigenvalue weighted by Gasteiger charge is 2.26. The monoisotopic (exact) mass is 411 g/mol. The summed E-state index contributed by atoms with van der Waals surface area (Å²) in [4.78, 5) is 25.7. The first-order valence-electron chi connectivity index (χ1n) is 8.60. The molecule has 0 bridgehead atoms. The molecular formula is C19H19ClFNO4S. The molecule has 0 unspecified atom stereocenters. The van der Waals surface area contributed by atoms with E-state index in [1.54, 1.807) is 0 Å². The summed E-state index contributed by atoms with van der Waals surface area (Å²) in [5.74, 6) is -1.14. The van der Waals surface area contributed by atoms with E-state index < -0.39 is 17.7 Å². The molecule has 0 fully saturated rings. The molecule has 1 aliphatic carbocycles. The second-order valence-corrected chi connectivity index (χ2v) is 7.69. The molecule has 144 valence electrons. The minimum absolute atomic E-state index is 0.0807. The lowest BCUT2D eigenvalue weighted by molar-refractivity contribution is -0.118. The van der Waals surface area contributed by atoms with E-state index in [-0.39, 0.29) is 17.4 Å². The summed E-state index contributed by atoms with van der Waals surface area (Å²) < 4.78 is 23.4. The average Bonchev–Trinajstić information content (AvgIpc) is 2.82. The van der Waals surface area contributed by atoms with Crippen molar-refractivity contribution >= 4 is 39.8 Å². The van der Waals surface area contributed by atoms with E-state index in [4.69, 9.17) is 21.1 Å². The summed E-state index contributed by atoms with van der Waals surface area (Å²) in [6, 6.07) is 3.86. The smallest absolute Gasteiger partial charge is 0.341 e. The van der Waals surface area contributed by atoms with Gasteiger partial charge in [0.05, 0.1) is 17.7 Å². The Kier molecular flexibility index (Phi) is 6.34. The van der Waals surface area contributed by atoms with Gasteiger partial charge in [-0.25, -0.2) is 9.18 Å². The lowest BCUT2D eigenvalue weighted by Crippen LogP contribution is -2.21. The summed E-state index contributed by atoms with van der Waals surface area (Å²) in [6.07, 6.45) is 4.89. The molecule has 0 spiro atoms. The Bertz CT molecular complexity index is 868. The largest absolute Gasteiger partial charge is 0.484 e. The van der Waals surface area contributed by atoms with Crippen LogP contribution in [0.4, 0.5) is 9.39 Å². The highest BCUT2D eigenvalue weighted by atomic mass is 35.5. The number of amides is 1. The van der Waals surface area contributed by atoms with Crippen molar-refractivity contribution in [2.75, 3.05) is 19.0 Å². The number of halogens is 2. The van der Waals surface area contributed by atoms with Crippen molar-refractivity contribution in [3.63, 3.8) is 0 Å². The van der Waals surface area contributed by atoms with Crippen molar-refractivity contribution in [3.05, 3.63) is 45.0 Å². The van der Waals surface area contributed by atoms with E-state index in [1.165, 1.54) is 36.6 Å². The van der Waals surface area contributed by atoms with Gasteiger partial charge in [-0.15, -0.1) is 11.3 Å². The Labute approximate surface area is 165 Å². The van der Waals surface area contributed by atoms with E-state index in [2.05, 4.69) is 5.32 Å². The van der Waals surface area contributed by atoms with Crippen molar-refractivity contribution in [3.8, 4) is 5.75 Å². The Morgan fingerprint density at radius 2 is 2.04 bits per heavy atom. The van der Waals surface area contributed by atoms with Crippen LogP contribution in [0.1, 0.15) is 40.1 Å². The minimum atomic E-state index is -0.559. The number of methoxy groups -OCH3 is 1. The molecule has 1 aromatic heterocycles. The number of thiophene rings is 1. The summed E-state index contributed by atoms with van der Waals surface area (Å²) in [5.41, 5.74) is 1.42. The second-order valence-electron chi connectivity index (χ2n) is 6.17. The van der Waals surface area contributed by atoms with Gasteiger partial charge in [0, 0.05) is 10.9 Å². The third-order valence-electron chi connectivity index (χ3n) is 4.32. The van der Waals surface area contributed by atoms with E-state index in [0.29, 0.717) is 10.6 Å². The quantitative estimate of drug-likeness (QED) is 0.576. The van der Waals surface area contributed by atoms with Gasteiger partial charge < -0.3 is 14.8 Å². The number of rotatable bonds is 5.